The number of H-pyrrole nitrogens is 1. The van der Waals surface area contributed by atoms with Crippen molar-refractivity contribution in [3.8, 4) is 5.75 Å². The summed E-state index contributed by atoms with van der Waals surface area (Å²) in [5.74, 6) is 1.02. The number of para-hydroxylation sites is 2. The predicted molar refractivity (Wildman–Crippen MR) is 112 cm³/mol. The van der Waals surface area contributed by atoms with Gasteiger partial charge in [-0.25, -0.2) is 4.98 Å². The van der Waals surface area contributed by atoms with Crippen LogP contribution in [0.1, 0.15) is 49.2 Å². The molecule has 3 aromatic rings. The van der Waals surface area contributed by atoms with E-state index in [-0.39, 0.29) is 11.9 Å². The van der Waals surface area contributed by atoms with E-state index in [0.717, 1.165) is 61.2 Å². The van der Waals surface area contributed by atoms with Crippen LogP contribution in [-0.2, 0) is 11.2 Å². The highest BCUT2D eigenvalue weighted by atomic mass is 16.5. The van der Waals surface area contributed by atoms with Gasteiger partial charge in [-0.05, 0) is 56.1 Å². The first-order valence-corrected chi connectivity index (χ1v) is 10.2. The van der Waals surface area contributed by atoms with Crippen LogP contribution in [0.2, 0.25) is 0 Å². The summed E-state index contributed by atoms with van der Waals surface area (Å²) in [6.45, 7) is 4.22. The van der Waals surface area contributed by atoms with Gasteiger partial charge in [-0.1, -0.05) is 31.5 Å². The largest absolute Gasteiger partial charge is 0.508 e. The molecule has 5 nitrogen and oxygen atoms in total. The molecule has 148 valence electrons. The molecule has 0 amide bonds. The molecule has 1 fully saturated rings. The lowest BCUT2D eigenvalue weighted by molar-refractivity contribution is -0.0271. The van der Waals surface area contributed by atoms with Crippen LogP contribution >= 0.6 is 0 Å². The summed E-state index contributed by atoms with van der Waals surface area (Å²) in [7, 11) is 2.15. The van der Waals surface area contributed by atoms with Gasteiger partial charge in [-0.3, -0.25) is 0 Å². The molecular weight excluding hydrogens is 350 g/mol. The van der Waals surface area contributed by atoms with Gasteiger partial charge in [0.15, 0.2) is 0 Å². The van der Waals surface area contributed by atoms with Crippen molar-refractivity contribution in [3.05, 3.63) is 59.4 Å². The number of aryl methyl sites for hydroxylation is 1. The topological polar surface area (TPSA) is 61.4 Å². The maximum Gasteiger partial charge on any atom is 0.144 e. The van der Waals surface area contributed by atoms with Crippen molar-refractivity contribution in [2.24, 2.45) is 0 Å². The number of fused-ring (bicyclic) bond motifs is 1. The number of imidazole rings is 1. The van der Waals surface area contributed by atoms with Gasteiger partial charge < -0.3 is 19.7 Å². The Kier molecular flexibility index (Phi) is 5.64. The highest BCUT2D eigenvalue weighted by Crippen LogP contribution is 2.35. The number of nitrogens with one attached hydrogen (secondary N) is 1. The van der Waals surface area contributed by atoms with Gasteiger partial charge in [0.05, 0.1) is 17.1 Å². The Bertz CT molecular complexity index is 895. The van der Waals surface area contributed by atoms with Crippen LogP contribution in [0.25, 0.3) is 11.0 Å². The highest BCUT2D eigenvalue weighted by Gasteiger charge is 2.27. The summed E-state index contributed by atoms with van der Waals surface area (Å²) in [6, 6.07) is 13.9. The number of hydrogen-bond acceptors (Lipinski definition) is 4. The van der Waals surface area contributed by atoms with E-state index in [9.17, 15) is 5.11 Å². The second-order valence-electron chi connectivity index (χ2n) is 7.80. The van der Waals surface area contributed by atoms with Gasteiger partial charge in [-0.15, -0.1) is 0 Å². The van der Waals surface area contributed by atoms with Crippen molar-refractivity contribution in [1.82, 2.24) is 14.9 Å². The zero-order valence-corrected chi connectivity index (χ0v) is 16.7. The third-order valence-electron chi connectivity index (χ3n) is 5.56. The number of aromatic hydroxyl groups is 1. The summed E-state index contributed by atoms with van der Waals surface area (Å²) < 4.78 is 6.57. The monoisotopic (exact) mass is 379 g/mol. The number of phenolic OH excluding ortho intramolecular Hbond substituents is 1. The van der Waals surface area contributed by atoms with Gasteiger partial charge in [0.2, 0.25) is 0 Å². The number of hydrogen-bond donors (Lipinski definition) is 2. The molecule has 1 unspecified atom stereocenters. The van der Waals surface area contributed by atoms with Crippen LogP contribution in [0.4, 0.5) is 0 Å². The van der Waals surface area contributed by atoms with Gasteiger partial charge in [0.1, 0.15) is 17.7 Å². The molecule has 2 heterocycles. The van der Waals surface area contributed by atoms with Gasteiger partial charge in [0.25, 0.3) is 0 Å². The van der Waals surface area contributed by atoms with E-state index in [4.69, 9.17) is 9.72 Å². The molecule has 4 rings (SSSR count). The molecule has 1 saturated heterocycles. The molecule has 1 aliphatic heterocycles. The van der Waals surface area contributed by atoms with E-state index in [1.54, 1.807) is 6.07 Å². The van der Waals surface area contributed by atoms with Crippen LogP contribution in [0.5, 0.6) is 5.75 Å². The number of phenols is 1. The summed E-state index contributed by atoms with van der Waals surface area (Å²) >= 11 is 0. The summed E-state index contributed by atoms with van der Waals surface area (Å²) in [5.41, 5.74) is 3.91. The van der Waals surface area contributed by atoms with Crippen molar-refractivity contribution < 1.29 is 9.84 Å². The number of aromatic nitrogens is 2. The zero-order chi connectivity index (χ0) is 19.5. The van der Waals surface area contributed by atoms with E-state index in [2.05, 4.69) is 29.9 Å². The number of aromatic amines is 1. The van der Waals surface area contributed by atoms with E-state index < -0.39 is 6.10 Å². The Labute approximate surface area is 166 Å². The first kappa shape index (κ1) is 19.0. The zero-order valence-electron chi connectivity index (χ0n) is 16.7. The van der Waals surface area contributed by atoms with Crippen LogP contribution in [0, 0.1) is 0 Å². The summed E-state index contributed by atoms with van der Waals surface area (Å²) in [5, 5.41) is 10.7. The fraction of sp³-hybridized carbons (Fsp3) is 0.435. The number of benzene rings is 2. The minimum Gasteiger partial charge on any atom is -0.508 e. The minimum atomic E-state index is -0.405. The molecule has 1 atom stereocenters. The predicted octanol–water partition coefficient (Wildman–Crippen LogP) is 4.42. The lowest BCUT2D eigenvalue weighted by Crippen LogP contribution is -2.35. The van der Waals surface area contributed by atoms with Crippen molar-refractivity contribution in [2.75, 3.05) is 20.1 Å². The Morgan fingerprint density at radius 3 is 2.75 bits per heavy atom. The number of nitrogens with zero attached hydrogens (tertiary/aromatic N) is 2. The second kappa shape index (κ2) is 8.33. The Hall–Kier alpha value is -2.37. The van der Waals surface area contributed by atoms with Crippen molar-refractivity contribution in [1.29, 1.82) is 0 Å². The van der Waals surface area contributed by atoms with E-state index in [1.165, 1.54) is 5.56 Å². The Balaban J connectivity index is 1.71. The van der Waals surface area contributed by atoms with E-state index >= 15 is 0 Å². The molecule has 0 saturated carbocycles. The quantitative estimate of drug-likeness (QED) is 0.665. The average Bonchev–Trinajstić information content (AvgIpc) is 3.13. The molecule has 2 N–H and O–H groups in total. The standard InChI is InChI=1S/C23H29N3O2/c1-3-6-16-9-10-21(27)18(15-16)22(28-17-11-13-26(2)14-12-17)23-24-19-7-4-5-8-20(19)25-23/h4-5,7-10,15,17,22,27H,3,6,11-14H2,1-2H3,(H,24,25). The molecule has 0 bridgehead atoms. The SMILES string of the molecule is CCCc1ccc(O)c(C(OC2CCN(C)CC2)c2nc3ccccc3[nH]2)c1. The number of likely N-dealkylation sites (tertiary alicyclic amines) is 1. The van der Waals surface area contributed by atoms with Crippen LogP contribution in [0.3, 0.4) is 0 Å². The van der Waals surface area contributed by atoms with Gasteiger partial charge in [-0.2, -0.15) is 0 Å². The normalized spacial score (nSPS) is 17.2. The van der Waals surface area contributed by atoms with Crippen LogP contribution in [0.15, 0.2) is 42.5 Å². The number of rotatable bonds is 6. The fourth-order valence-electron chi connectivity index (χ4n) is 3.95. The van der Waals surface area contributed by atoms with Crippen molar-refractivity contribution in [2.45, 2.75) is 44.8 Å². The van der Waals surface area contributed by atoms with Crippen LogP contribution in [-0.4, -0.2) is 46.2 Å². The summed E-state index contributed by atoms with van der Waals surface area (Å²) in [6.07, 6.45) is 3.77. The molecule has 0 spiro atoms. The van der Waals surface area contributed by atoms with E-state index in [1.807, 2.05) is 30.3 Å². The molecule has 0 aliphatic carbocycles. The maximum atomic E-state index is 10.7. The van der Waals surface area contributed by atoms with Crippen molar-refractivity contribution in [3.63, 3.8) is 0 Å². The first-order chi connectivity index (χ1) is 13.6. The molecule has 1 aliphatic rings. The molecule has 5 heteroatoms. The Morgan fingerprint density at radius 2 is 2.00 bits per heavy atom. The minimum absolute atomic E-state index is 0.156. The fourth-order valence-corrected chi connectivity index (χ4v) is 3.95. The smallest absolute Gasteiger partial charge is 0.144 e. The molecule has 0 radical (unpaired) electrons. The third kappa shape index (κ3) is 4.05. The van der Waals surface area contributed by atoms with Crippen molar-refractivity contribution >= 4 is 11.0 Å². The number of piperidine rings is 1. The first-order valence-electron chi connectivity index (χ1n) is 10.2. The third-order valence-corrected chi connectivity index (χ3v) is 5.56. The lowest BCUT2D eigenvalue weighted by Gasteiger charge is -2.31. The lowest BCUT2D eigenvalue weighted by atomic mass is 10.0. The van der Waals surface area contributed by atoms with Gasteiger partial charge >= 0.3 is 0 Å². The summed E-state index contributed by atoms with van der Waals surface area (Å²) in [4.78, 5) is 10.5. The molecule has 28 heavy (non-hydrogen) atoms. The van der Waals surface area contributed by atoms with Gasteiger partial charge in [0, 0.05) is 18.7 Å². The van der Waals surface area contributed by atoms with Crippen LogP contribution < -0.4 is 0 Å². The van der Waals surface area contributed by atoms with E-state index in [0.29, 0.717) is 0 Å². The maximum absolute atomic E-state index is 10.7. The molecule has 1 aromatic heterocycles. The molecule has 2 aromatic carbocycles. The number of ether oxygens (including phenoxy) is 1. The second-order valence-corrected chi connectivity index (χ2v) is 7.80. The Morgan fingerprint density at radius 1 is 1.21 bits per heavy atom. The molecular formula is C23H29N3O2. The average molecular weight is 380 g/mol. The highest BCUT2D eigenvalue weighted by molar-refractivity contribution is 5.75.